The molecule has 0 aliphatic carbocycles. The number of nitro benzene ring substituents is 1. The third-order valence-electron chi connectivity index (χ3n) is 4.35. The molecule has 2 rings (SSSR count). The number of esters is 1. The molecule has 0 bridgehead atoms. The predicted molar refractivity (Wildman–Crippen MR) is 102 cm³/mol. The van der Waals surface area contributed by atoms with E-state index in [1.807, 2.05) is 0 Å². The minimum Gasteiger partial charge on any atom is -0.490 e. The van der Waals surface area contributed by atoms with Crippen LogP contribution in [0.3, 0.4) is 0 Å². The summed E-state index contributed by atoms with van der Waals surface area (Å²) in [4.78, 5) is 34.9. The van der Waals surface area contributed by atoms with Gasteiger partial charge in [0.05, 0.1) is 31.1 Å². The van der Waals surface area contributed by atoms with E-state index >= 15 is 0 Å². The van der Waals surface area contributed by atoms with Crippen molar-refractivity contribution in [3.05, 3.63) is 69.3 Å². The Bertz CT molecular complexity index is 960. The first-order valence-electron chi connectivity index (χ1n) is 8.89. The van der Waals surface area contributed by atoms with Gasteiger partial charge in [-0.3, -0.25) is 14.9 Å². The van der Waals surface area contributed by atoms with Crippen LogP contribution in [0.25, 0.3) is 0 Å². The number of nitrogens with zero attached hydrogens (tertiary/aromatic N) is 1. The number of rotatable bonds is 8. The first-order valence-corrected chi connectivity index (χ1v) is 8.89. The Morgan fingerprint density at radius 3 is 2.23 bits per heavy atom. The maximum atomic E-state index is 12.6. The summed E-state index contributed by atoms with van der Waals surface area (Å²) in [7, 11) is 2.40. The maximum absolute atomic E-state index is 12.6. The van der Waals surface area contributed by atoms with E-state index < -0.39 is 34.6 Å². The molecule has 0 aliphatic rings. The molecule has 0 heterocycles. The van der Waals surface area contributed by atoms with Crippen molar-refractivity contribution in [1.29, 1.82) is 0 Å². The average molecular weight is 440 g/mol. The quantitative estimate of drug-likeness (QED) is 0.384. The number of amides is 1. The zero-order chi connectivity index (χ0) is 23.2. The number of alkyl halides is 3. The molecule has 166 valence electrons. The van der Waals surface area contributed by atoms with E-state index in [1.54, 1.807) is 0 Å². The summed E-state index contributed by atoms with van der Waals surface area (Å²) < 4.78 is 47.5. The van der Waals surface area contributed by atoms with Crippen LogP contribution in [-0.2, 0) is 33.3 Å². The molecule has 0 fully saturated rings. The van der Waals surface area contributed by atoms with Gasteiger partial charge in [-0.25, -0.2) is 4.79 Å². The van der Waals surface area contributed by atoms with Crippen molar-refractivity contribution in [2.75, 3.05) is 14.2 Å². The highest BCUT2D eigenvalue weighted by atomic mass is 19.4. The van der Waals surface area contributed by atoms with E-state index in [0.717, 1.165) is 19.2 Å². The number of nitro groups is 1. The second-order valence-corrected chi connectivity index (χ2v) is 6.48. The van der Waals surface area contributed by atoms with E-state index in [4.69, 9.17) is 4.74 Å². The fourth-order valence-corrected chi connectivity index (χ4v) is 2.82. The van der Waals surface area contributed by atoms with Gasteiger partial charge in [-0.2, -0.15) is 13.2 Å². The van der Waals surface area contributed by atoms with Gasteiger partial charge in [0.15, 0.2) is 5.75 Å². The van der Waals surface area contributed by atoms with Gasteiger partial charge < -0.3 is 14.8 Å². The van der Waals surface area contributed by atoms with Gasteiger partial charge in [0.1, 0.15) is 6.04 Å². The number of ether oxygens (including phenoxy) is 2. The minimum atomic E-state index is -4.49. The van der Waals surface area contributed by atoms with Crippen LogP contribution in [0, 0.1) is 10.1 Å². The lowest BCUT2D eigenvalue weighted by atomic mass is 10.0. The van der Waals surface area contributed by atoms with Crippen molar-refractivity contribution in [2.24, 2.45) is 0 Å². The van der Waals surface area contributed by atoms with Crippen molar-refractivity contribution in [2.45, 2.75) is 25.1 Å². The molecule has 11 heteroatoms. The van der Waals surface area contributed by atoms with Gasteiger partial charge >= 0.3 is 17.8 Å². The van der Waals surface area contributed by atoms with Crippen LogP contribution < -0.4 is 10.1 Å². The standard InChI is InChI=1S/C20H19F3N2O6/c1-30-17-8-5-13(10-16(17)25(28)29)9-15(19(27)31-2)24-18(26)11-12-3-6-14(7-4-12)20(21,22)23/h3-8,10,15H,9,11H2,1-2H3,(H,24,26)/t15-/m1/s1. The molecule has 0 radical (unpaired) electrons. The van der Waals surface area contributed by atoms with Crippen LogP contribution in [-0.4, -0.2) is 37.1 Å². The third kappa shape index (κ3) is 6.43. The molecule has 0 aromatic heterocycles. The number of halogens is 3. The summed E-state index contributed by atoms with van der Waals surface area (Å²) in [5, 5.41) is 13.6. The van der Waals surface area contributed by atoms with Crippen LogP contribution in [0.5, 0.6) is 5.75 Å². The highest BCUT2D eigenvalue weighted by molar-refractivity contribution is 5.85. The first-order chi connectivity index (χ1) is 14.5. The Morgan fingerprint density at radius 1 is 1.10 bits per heavy atom. The summed E-state index contributed by atoms with van der Waals surface area (Å²) >= 11 is 0. The van der Waals surface area contributed by atoms with E-state index in [9.17, 15) is 32.9 Å². The second-order valence-electron chi connectivity index (χ2n) is 6.48. The predicted octanol–water partition coefficient (Wildman–Crippen LogP) is 3.07. The first kappa shape index (κ1) is 23.6. The molecule has 0 aliphatic heterocycles. The Balaban J connectivity index is 2.13. The maximum Gasteiger partial charge on any atom is 0.416 e. The van der Waals surface area contributed by atoms with Crippen LogP contribution in [0.15, 0.2) is 42.5 Å². The van der Waals surface area contributed by atoms with E-state index in [-0.39, 0.29) is 24.3 Å². The van der Waals surface area contributed by atoms with Crippen molar-refractivity contribution in [3.63, 3.8) is 0 Å². The normalized spacial score (nSPS) is 12.0. The van der Waals surface area contributed by atoms with Crippen LogP contribution in [0.2, 0.25) is 0 Å². The lowest BCUT2D eigenvalue weighted by molar-refractivity contribution is -0.385. The number of hydrogen-bond acceptors (Lipinski definition) is 6. The SMILES string of the molecule is COC(=O)[C@@H](Cc1ccc(OC)c([N+](=O)[O-])c1)NC(=O)Cc1ccc(C(F)(F)F)cc1. The molecule has 31 heavy (non-hydrogen) atoms. The summed E-state index contributed by atoms with van der Waals surface area (Å²) in [5.41, 5.74) is -0.461. The summed E-state index contributed by atoms with van der Waals surface area (Å²) in [6.45, 7) is 0. The highest BCUT2D eigenvalue weighted by Gasteiger charge is 2.30. The average Bonchev–Trinajstić information content (AvgIpc) is 2.72. The minimum absolute atomic E-state index is 0.0368. The van der Waals surface area contributed by atoms with Gasteiger partial charge in [-0.15, -0.1) is 0 Å². The van der Waals surface area contributed by atoms with Gasteiger partial charge in [0.25, 0.3) is 0 Å². The van der Waals surface area contributed by atoms with Gasteiger partial charge in [0.2, 0.25) is 5.91 Å². The number of carbonyl (C=O) groups excluding carboxylic acids is 2. The molecule has 2 aromatic carbocycles. The fraction of sp³-hybridized carbons (Fsp3) is 0.300. The Labute approximate surface area is 175 Å². The monoisotopic (exact) mass is 440 g/mol. The molecule has 2 aromatic rings. The molecule has 0 saturated carbocycles. The van der Waals surface area contributed by atoms with Crippen LogP contribution >= 0.6 is 0 Å². The molecule has 1 amide bonds. The zero-order valence-corrected chi connectivity index (χ0v) is 16.6. The van der Waals surface area contributed by atoms with E-state index in [0.29, 0.717) is 11.1 Å². The number of benzene rings is 2. The number of carbonyl (C=O) groups is 2. The van der Waals surface area contributed by atoms with Crippen LogP contribution in [0.1, 0.15) is 16.7 Å². The van der Waals surface area contributed by atoms with Crippen molar-refractivity contribution in [1.82, 2.24) is 5.32 Å². The molecule has 8 nitrogen and oxygen atoms in total. The second kappa shape index (κ2) is 9.92. The molecule has 0 spiro atoms. The third-order valence-corrected chi connectivity index (χ3v) is 4.35. The van der Waals surface area contributed by atoms with E-state index in [2.05, 4.69) is 10.1 Å². The van der Waals surface area contributed by atoms with Gasteiger partial charge in [0, 0.05) is 12.5 Å². The van der Waals surface area contributed by atoms with Gasteiger partial charge in [-0.05, 0) is 29.3 Å². The largest absolute Gasteiger partial charge is 0.490 e. The smallest absolute Gasteiger partial charge is 0.416 e. The Kier molecular flexibility index (Phi) is 7.56. The number of hydrogen-bond donors (Lipinski definition) is 1. The summed E-state index contributed by atoms with van der Waals surface area (Å²) in [5.74, 6) is -1.37. The lowest BCUT2D eigenvalue weighted by Gasteiger charge is -2.17. The number of methoxy groups -OCH3 is 2. The fourth-order valence-electron chi connectivity index (χ4n) is 2.82. The van der Waals surface area contributed by atoms with Crippen molar-refractivity contribution >= 4 is 17.6 Å². The van der Waals surface area contributed by atoms with Crippen molar-refractivity contribution < 1.29 is 37.2 Å². The number of nitrogens with one attached hydrogen (secondary N) is 1. The van der Waals surface area contributed by atoms with Gasteiger partial charge in [-0.1, -0.05) is 18.2 Å². The van der Waals surface area contributed by atoms with Crippen LogP contribution in [0.4, 0.5) is 18.9 Å². The topological polar surface area (TPSA) is 108 Å². The van der Waals surface area contributed by atoms with E-state index in [1.165, 1.54) is 37.4 Å². The Morgan fingerprint density at radius 2 is 1.71 bits per heavy atom. The molecule has 0 saturated heterocycles. The summed E-state index contributed by atoms with van der Waals surface area (Å²) in [6, 6.07) is 6.99. The molecule has 1 atom stereocenters. The highest BCUT2D eigenvalue weighted by Crippen LogP contribution is 2.29. The molecule has 1 N–H and O–H groups in total. The molecular formula is C20H19F3N2O6. The zero-order valence-electron chi connectivity index (χ0n) is 16.6. The Hall–Kier alpha value is -3.63. The van der Waals surface area contributed by atoms with Crippen molar-refractivity contribution in [3.8, 4) is 5.75 Å². The molecular weight excluding hydrogens is 421 g/mol. The molecule has 0 unspecified atom stereocenters. The summed E-state index contributed by atoms with van der Waals surface area (Å²) in [6.07, 6.45) is -4.86. The lowest BCUT2D eigenvalue weighted by Crippen LogP contribution is -2.43.